The third kappa shape index (κ3) is 3.67. The third-order valence-corrected chi connectivity index (χ3v) is 4.19. The van der Waals surface area contributed by atoms with E-state index in [2.05, 4.69) is 5.32 Å². The average molecular weight is 316 g/mol. The molecular weight excluding hydrogens is 292 g/mol. The summed E-state index contributed by atoms with van der Waals surface area (Å²) in [5.74, 6) is 1.53. The summed E-state index contributed by atoms with van der Waals surface area (Å²) < 4.78 is 12.6. The Morgan fingerprint density at radius 2 is 1.91 bits per heavy atom. The van der Waals surface area contributed by atoms with Crippen LogP contribution in [0.2, 0.25) is 0 Å². The van der Waals surface area contributed by atoms with Gasteiger partial charge in [0.25, 0.3) is 5.91 Å². The summed E-state index contributed by atoms with van der Waals surface area (Å²) in [7, 11) is 5.23. The number of carbonyl (C=O) groups excluding carboxylic acids is 1. The molecule has 5 heteroatoms. The zero-order valence-corrected chi connectivity index (χ0v) is 14.4. The van der Waals surface area contributed by atoms with E-state index in [0.29, 0.717) is 13.0 Å². The molecule has 23 heavy (non-hydrogen) atoms. The van der Waals surface area contributed by atoms with Crippen LogP contribution in [-0.2, 0) is 13.5 Å². The van der Waals surface area contributed by atoms with Gasteiger partial charge >= 0.3 is 0 Å². The van der Waals surface area contributed by atoms with Crippen LogP contribution in [0.15, 0.2) is 24.3 Å². The lowest BCUT2D eigenvalue weighted by atomic mass is 10.1. The number of benzene rings is 1. The number of nitrogens with zero attached hydrogens (tertiary/aromatic N) is 1. The van der Waals surface area contributed by atoms with Crippen molar-refractivity contribution in [2.75, 3.05) is 20.8 Å². The van der Waals surface area contributed by atoms with Crippen molar-refractivity contribution in [3.8, 4) is 11.5 Å². The van der Waals surface area contributed by atoms with E-state index < -0.39 is 0 Å². The van der Waals surface area contributed by atoms with Crippen molar-refractivity contribution in [3.05, 3.63) is 46.8 Å². The summed E-state index contributed by atoms with van der Waals surface area (Å²) in [6.45, 7) is 4.48. The van der Waals surface area contributed by atoms with Crippen molar-refractivity contribution in [2.24, 2.45) is 7.05 Å². The Morgan fingerprint density at radius 3 is 2.48 bits per heavy atom. The van der Waals surface area contributed by atoms with Gasteiger partial charge in [0, 0.05) is 25.0 Å². The molecule has 0 aliphatic rings. The summed E-state index contributed by atoms with van der Waals surface area (Å²) in [6.07, 6.45) is 0.678. The molecule has 0 bridgehead atoms. The van der Waals surface area contributed by atoms with Crippen LogP contribution in [0.25, 0.3) is 0 Å². The number of nitrogens with one attached hydrogen (secondary N) is 1. The minimum atomic E-state index is -0.0481. The van der Waals surface area contributed by atoms with Gasteiger partial charge in [0.05, 0.1) is 19.8 Å². The highest BCUT2D eigenvalue weighted by Gasteiger charge is 2.14. The molecule has 2 aromatic rings. The number of methoxy groups -OCH3 is 2. The van der Waals surface area contributed by atoms with E-state index in [0.717, 1.165) is 34.0 Å². The molecular formula is C18H24N2O3. The molecule has 0 fully saturated rings. The quantitative estimate of drug-likeness (QED) is 0.891. The Hall–Kier alpha value is -2.43. The lowest BCUT2D eigenvalue weighted by Gasteiger charge is -2.11. The Balaban J connectivity index is 2.02. The number of carbonyl (C=O) groups is 1. The average Bonchev–Trinajstić information content (AvgIpc) is 2.82. The summed E-state index contributed by atoms with van der Waals surface area (Å²) in [4.78, 5) is 12.3. The van der Waals surface area contributed by atoms with Crippen molar-refractivity contribution in [1.29, 1.82) is 0 Å². The smallest absolute Gasteiger partial charge is 0.253 e. The number of hydrogen-bond acceptors (Lipinski definition) is 3. The number of amides is 1. The summed E-state index contributed by atoms with van der Waals surface area (Å²) in [6, 6.07) is 7.58. The maximum Gasteiger partial charge on any atom is 0.253 e. The third-order valence-electron chi connectivity index (χ3n) is 4.19. The highest BCUT2D eigenvalue weighted by atomic mass is 16.5. The molecule has 0 aliphatic heterocycles. The molecule has 0 aliphatic carbocycles. The van der Waals surface area contributed by atoms with E-state index in [1.54, 1.807) is 14.2 Å². The Labute approximate surface area is 137 Å². The molecule has 2 rings (SSSR count). The van der Waals surface area contributed by atoms with Gasteiger partial charge < -0.3 is 19.4 Å². The second-order valence-electron chi connectivity index (χ2n) is 5.53. The molecule has 1 aromatic carbocycles. The highest BCUT2D eigenvalue weighted by Crippen LogP contribution is 2.24. The molecule has 1 amide bonds. The second-order valence-corrected chi connectivity index (χ2v) is 5.53. The minimum absolute atomic E-state index is 0.0481. The van der Waals surface area contributed by atoms with Crippen LogP contribution in [0.4, 0.5) is 0 Å². The molecule has 124 valence electrons. The van der Waals surface area contributed by atoms with Crippen molar-refractivity contribution >= 4 is 5.91 Å². The number of hydrogen-bond donors (Lipinski definition) is 1. The van der Waals surface area contributed by atoms with Gasteiger partial charge in [-0.05, 0) is 50.1 Å². The van der Waals surface area contributed by atoms with Crippen LogP contribution >= 0.6 is 0 Å². The van der Waals surface area contributed by atoms with Crippen molar-refractivity contribution in [1.82, 2.24) is 9.88 Å². The fraction of sp³-hybridized carbons (Fsp3) is 0.389. The van der Waals surface area contributed by atoms with Gasteiger partial charge in [-0.25, -0.2) is 0 Å². The minimum Gasteiger partial charge on any atom is -0.497 e. The van der Waals surface area contributed by atoms with Gasteiger partial charge in [-0.1, -0.05) is 0 Å². The van der Waals surface area contributed by atoms with Gasteiger partial charge in [0.1, 0.15) is 11.5 Å². The zero-order valence-electron chi connectivity index (χ0n) is 14.4. The van der Waals surface area contributed by atoms with Gasteiger partial charge in [-0.2, -0.15) is 0 Å². The SMILES string of the molecule is COc1ccc(OC)c(CCNC(=O)c2cc(C)n(C)c2C)c1. The highest BCUT2D eigenvalue weighted by molar-refractivity contribution is 5.95. The maximum atomic E-state index is 12.3. The van der Waals surface area contributed by atoms with Crippen LogP contribution in [0.1, 0.15) is 27.3 Å². The Bertz CT molecular complexity index is 705. The molecule has 0 radical (unpaired) electrons. The van der Waals surface area contributed by atoms with Gasteiger partial charge in [-0.3, -0.25) is 4.79 Å². The van der Waals surface area contributed by atoms with Crippen LogP contribution in [-0.4, -0.2) is 31.2 Å². The topological polar surface area (TPSA) is 52.5 Å². The standard InChI is InChI=1S/C18H24N2O3/c1-12-10-16(13(2)20(12)3)18(21)19-9-8-14-11-15(22-4)6-7-17(14)23-5/h6-7,10-11H,8-9H2,1-5H3,(H,19,21). The van der Waals surface area contributed by atoms with Gasteiger partial charge in [0.15, 0.2) is 0 Å². The monoisotopic (exact) mass is 316 g/mol. The molecule has 0 atom stereocenters. The van der Waals surface area contributed by atoms with Crippen LogP contribution in [0.3, 0.4) is 0 Å². The first kappa shape index (κ1) is 16.9. The van der Waals surface area contributed by atoms with Crippen LogP contribution < -0.4 is 14.8 Å². The number of ether oxygens (including phenoxy) is 2. The predicted molar refractivity (Wildman–Crippen MR) is 90.5 cm³/mol. The molecule has 1 aromatic heterocycles. The number of rotatable bonds is 6. The first-order valence-corrected chi connectivity index (χ1v) is 7.60. The lowest BCUT2D eigenvalue weighted by molar-refractivity contribution is 0.0953. The van der Waals surface area contributed by atoms with Crippen molar-refractivity contribution in [3.63, 3.8) is 0 Å². The van der Waals surface area contributed by atoms with Crippen molar-refractivity contribution in [2.45, 2.75) is 20.3 Å². The number of aryl methyl sites for hydroxylation is 1. The molecule has 5 nitrogen and oxygen atoms in total. The fourth-order valence-corrected chi connectivity index (χ4v) is 2.57. The van der Waals surface area contributed by atoms with Gasteiger partial charge in [-0.15, -0.1) is 0 Å². The number of aromatic nitrogens is 1. The van der Waals surface area contributed by atoms with E-state index in [4.69, 9.17) is 9.47 Å². The zero-order chi connectivity index (χ0) is 17.0. The van der Waals surface area contributed by atoms with E-state index in [9.17, 15) is 4.79 Å². The molecule has 1 heterocycles. The second kappa shape index (κ2) is 7.22. The van der Waals surface area contributed by atoms with Crippen LogP contribution in [0, 0.1) is 13.8 Å². The molecule has 0 saturated carbocycles. The predicted octanol–water partition coefficient (Wildman–Crippen LogP) is 2.63. The fourth-order valence-electron chi connectivity index (χ4n) is 2.57. The van der Waals surface area contributed by atoms with Gasteiger partial charge in [0.2, 0.25) is 0 Å². The van der Waals surface area contributed by atoms with E-state index in [-0.39, 0.29) is 5.91 Å². The first-order chi connectivity index (χ1) is 11.0. The van der Waals surface area contributed by atoms with Crippen molar-refractivity contribution < 1.29 is 14.3 Å². The molecule has 1 N–H and O–H groups in total. The molecule has 0 saturated heterocycles. The normalized spacial score (nSPS) is 10.5. The van der Waals surface area contributed by atoms with E-state index in [1.807, 2.05) is 49.7 Å². The van der Waals surface area contributed by atoms with E-state index >= 15 is 0 Å². The first-order valence-electron chi connectivity index (χ1n) is 7.60. The van der Waals surface area contributed by atoms with E-state index in [1.165, 1.54) is 0 Å². The molecule has 0 spiro atoms. The largest absolute Gasteiger partial charge is 0.497 e. The van der Waals surface area contributed by atoms with Crippen LogP contribution in [0.5, 0.6) is 11.5 Å². The Morgan fingerprint density at radius 1 is 1.17 bits per heavy atom. The molecule has 0 unspecified atom stereocenters. The summed E-state index contributed by atoms with van der Waals surface area (Å²) >= 11 is 0. The Kier molecular flexibility index (Phi) is 5.32. The maximum absolute atomic E-state index is 12.3. The lowest BCUT2D eigenvalue weighted by Crippen LogP contribution is -2.26. The summed E-state index contributed by atoms with van der Waals surface area (Å²) in [5, 5.41) is 2.97. The summed E-state index contributed by atoms with van der Waals surface area (Å²) in [5.41, 5.74) is 3.77.